The average molecular weight is 268 g/mol. The van der Waals surface area contributed by atoms with Crippen LogP contribution in [0.2, 0.25) is 0 Å². The summed E-state index contributed by atoms with van der Waals surface area (Å²) in [6.07, 6.45) is 1.16. The summed E-state index contributed by atoms with van der Waals surface area (Å²) < 4.78 is 6.90. The van der Waals surface area contributed by atoms with Crippen LogP contribution in [0.3, 0.4) is 0 Å². The first-order valence-electron chi connectivity index (χ1n) is 6.02. The van der Waals surface area contributed by atoms with Crippen molar-refractivity contribution in [2.75, 3.05) is 12.9 Å². The number of hydrogen-bond acceptors (Lipinski definition) is 4. The van der Waals surface area contributed by atoms with Crippen LogP contribution in [0.15, 0.2) is 11.1 Å². The van der Waals surface area contributed by atoms with E-state index in [-0.39, 0.29) is 5.54 Å². The fraction of sp³-hybridized carbons (Fsp3) is 0.667. The minimum atomic E-state index is 0.145. The molecule has 0 aromatic carbocycles. The Bertz CT molecular complexity index is 453. The molecule has 0 amide bonds. The highest BCUT2D eigenvalue weighted by Gasteiger charge is 2.24. The van der Waals surface area contributed by atoms with E-state index in [1.807, 2.05) is 13.1 Å². The summed E-state index contributed by atoms with van der Waals surface area (Å²) in [5.74, 6) is 1.87. The van der Waals surface area contributed by atoms with Gasteiger partial charge in [0.25, 0.3) is 0 Å². The van der Waals surface area contributed by atoms with Crippen molar-refractivity contribution in [1.82, 2.24) is 15.1 Å². The average Bonchev–Trinajstić information content (AvgIpc) is 2.66. The normalized spacial score (nSPS) is 20.8. The highest BCUT2D eigenvalue weighted by molar-refractivity contribution is 8.13. The van der Waals surface area contributed by atoms with Gasteiger partial charge in [-0.3, -0.25) is 4.99 Å². The number of amidine groups is 1. The first-order chi connectivity index (χ1) is 8.50. The fourth-order valence-electron chi connectivity index (χ4n) is 1.80. The number of hydrogen-bond donors (Lipinski definition) is 1. The molecular formula is C12H20N4OS. The molecule has 1 aromatic rings. The van der Waals surface area contributed by atoms with E-state index in [1.54, 1.807) is 23.6 Å². The Balaban J connectivity index is 2.01. The molecule has 0 atom stereocenters. The van der Waals surface area contributed by atoms with Gasteiger partial charge in [-0.25, -0.2) is 4.68 Å². The van der Waals surface area contributed by atoms with Crippen molar-refractivity contribution in [2.24, 2.45) is 12.0 Å². The van der Waals surface area contributed by atoms with E-state index in [9.17, 15) is 0 Å². The number of methoxy groups -OCH3 is 1. The van der Waals surface area contributed by atoms with E-state index in [0.717, 1.165) is 28.9 Å². The van der Waals surface area contributed by atoms with Gasteiger partial charge in [0.05, 0.1) is 19.3 Å². The summed E-state index contributed by atoms with van der Waals surface area (Å²) in [6.45, 7) is 4.99. The number of aromatic nitrogens is 2. The fourth-order valence-corrected chi connectivity index (χ4v) is 3.11. The lowest BCUT2D eigenvalue weighted by Crippen LogP contribution is -2.46. The number of nitrogens with zero attached hydrogens (tertiary/aromatic N) is 3. The molecule has 1 N–H and O–H groups in total. The second-order valence-electron chi connectivity index (χ2n) is 5.03. The van der Waals surface area contributed by atoms with E-state index in [2.05, 4.69) is 29.3 Å². The summed E-state index contributed by atoms with van der Waals surface area (Å²) in [5, 5.41) is 8.81. The SMILES string of the molecule is COc1cc(CN=C2NC(C)(C)CCS2)nn1C. The van der Waals surface area contributed by atoms with Gasteiger partial charge in [-0.05, 0) is 20.3 Å². The third kappa shape index (κ3) is 3.19. The minimum Gasteiger partial charge on any atom is -0.481 e. The Morgan fingerprint density at radius 2 is 2.39 bits per heavy atom. The van der Waals surface area contributed by atoms with Crippen LogP contribution < -0.4 is 10.1 Å². The predicted octanol–water partition coefficient (Wildman–Crippen LogP) is 1.79. The van der Waals surface area contributed by atoms with Gasteiger partial charge in [0, 0.05) is 24.4 Å². The number of nitrogens with one attached hydrogen (secondary N) is 1. The Morgan fingerprint density at radius 1 is 1.61 bits per heavy atom. The van der Waals surface area contributed by atoms with Crippen LogP contribution in [-0.4, -0.2) is 33.3 Å². The van der Waals surface area contributed by atoms with Crippen molar-refractivity contribution < 1.29 is 4.74 Å². The largest absolute Gasteiger partial charge is 0.481 e. The maximum atomic E-state index is 5.18. The molecule has 0 bridgehead atoms. The number of aliphatic imine (C=N–C) groups is 1. The second-order valence-corrected chi connectivity index (χ2v) is 6.11. The highest BCUT2D eigenvalue weighted by atomic mass is 32.2. The smallest absolute Gasteiger partial charge is 0.211 e. The molecule has 2 rings (SSSR count). The van der Waals surface area contributed by atoms with E-state index in [4.69, 9.17) is 4.74 Å². The summed E-state index contributed by atoms with van der Waals surface area (Å²) in [5.41, 5.74) is 1.07. The summed E-state index contributed by atoms with van der Waals surface area (Å²) >= 11 is 1.77. The maximum absolute atomic E-state index is 5.18. The lowest BCUT2D eigenvalue weighted by molar-refractivity contribution is 0.373. The van der Waals surface area contributed by atoms with E-state index in [1.165, 1.54) is 0 Å². The van der Waals surface area contributed by atoms with Gasteiger partial charge < -0.3 is 10.1 Å². The van der Waals surface area contributed by atoms with Crippen molar-refractivity contribution in [3.63, 3.8) is 0 Å². The van der Waals surface area contributed by atoms with Gasteiger partial charge in [-0.15, -0.1) is 0 Å². The topological polar surface area (TPSA) is 51.4 Å². The number of ether oxygens (including phenoxy) is 1. The second kappa shape index (κ2) is 5.22. The number of aryl methyl sites for hydroxylation is 1. The zero-order valence-corrected chi connectivity index (χ0v) is 12.2. The van der Waals surface area contributed by atoms with Gasteiger partial charge in [-0.2, -0.15) is 5.10 Å². The highest BCUT2D eigenvalue weighted by Crippen LogP contribution is 2.22. The maximum Gasteiger partial charge on any atom is 0.211 e. The first kappa shape index (κ1) is 13.3. The van der Waals surface area contributed by atoms with Crippen LogP contribution in [0.25, 0.3) is 0 Å². The lowest BCUT2D eigenvalue weighted by atomic mass is 10.0. The van der Waals surface area contributed by atoms with E-state index >= 15 is 0 Å². The molecule has 1 aliphatic rings. The molecule has 2 heterocycles. The molecule has 0 spiro atoms. The first-order valence-corrected chi connectivity index (χ1v) is 7.01. The standard InChI is InChI=1S/C12H20N4OS/c1-12(2)5-6-18-11(14-12)13-8-9-7-10(17-4)16(3)15-9/h7H,5-6,8H2,1-4H3,(H,13,14). The molecule has 6 heteroatoms. The monoisotopic (exact) mass is 268 g/mol. The predicted molar refractivity (Wildman–Crippen MR) is 75.2 cm³/mol. The van der Waals surface area contributed by atoms with Crippen molar-refractivity contribution in [3.05, 3.63) is 11.8 Å². The van der Waals surface area contributed by atoms with E-state index in [0.29, 0.717) is 6.54 Å². The molecule has 1 aromatic heterocycles. The van der Waals surface area contributed by atoms with Crippen LogP contribution in [-0.2, 0) is 13.6 Å². The van der Waals surface area contributed by atoms with Gasteiger partial charge in [0.1, 0.15) is 0 Å². The van der Waals surface area contributed by atoms with Crippen LogP contribution in [0.4, 0.5) is 0 Å². The van der Waals surface area contributed by atoms with E-state index < -0.39 is 0 Å². The molecule has 1 fully saturated rings. The van der Waals surface area contributed by atoms with Crippen LogP contribution in [0.1, 0.15) is 26.0 Å². The molecule has 1 saturated heterocycles. The Hall–Kier alpha value is -1.17. The molecule has 0 unspecified atom stereocenters. The molecule has 18 heavy (non-hydrogen) atoms. The third-order valence-corrected chi connectivity index (χ3v) is 3.81. The van der Waals surface area contributed by atoms with Crippen molar-refractivity contribution >= 4 is 16.9 Å². The number of rotatable bonds is 3. The zero-order chi connectivity index (χ0) is 13.2. The Morgan fingerprint density at radius 3 is 3.00 bits per heavy atom. The van der Waals surface area contributed by atoms with Crippen LogP contribution in [0.5, 0.6) is 5.88 Å². The summed E-state index contributed by atoms with van der Waals surface area (Å²) in [6, 6.07) is 1.92. The Kier molecular flexibility index (Phi) is 3.85. The molecule has 0 saturated carbocycles. The summed E-state index contributed by atoms with van der Waals surface area (Å²) in [4.78, 5) is 4.57. The molecule has 5 nitrogen and oxygen atoms in total. The molecular weight excluding hydrogens is 248 g/mol. The van der Waals surface area contributed by atoms with Gasteiger partial charge >= 0.3 is 0 Å². The molecule has 0 radical (unpaired) electrons. The van der Waals surface area contributed by atoms with Crippen LogP contribution >= 0.6 is 11.8 Å². The van der Waals surface area contributed by atoms with Crippen molar-refractivity contribution in [3.8, 4) is 5.88 Å². The molecule has 1 aliphatic heterocycles. The summed E-state index contributed by atoms with van der Waals surface area (Å²) in [7, 11) is 3.51. The lowest BCUT2D eigenvalue weighted by Gasteiger charge is -2.32. The minimum absolute atomic E-state index is 0.145. The quantitative estimate of drug-likeness (QED) is 0.908. The molecule has 100 valence electrons. The third-order valence-electron chi connectivity index (χ3n) is 2.89. The zero-order valence-electron chi connectivity index (χ0n) is 11.4. The van der Waals surface area contributed by atoms with Crippen LogP contribution in [0, 0.1) is 0 Å². The van der Waals surface area contributed by atoms with Crippen molar-refractivity contribution in [1.29, 1.82) is 0 Å². The molecule has 0 aliphatic carbocycles. The van der Waals surface area contributed by atoms with Crippen molar-refractivity contribution in [2.45, 2.75) is 32.4 Å². The number of thioether (sulfide) groups is 1. The van der Waals surface area contributed by atoms with Gasteiger partial charge in [0.2, 0.25) is 5.88 Å². The van der Waals surface area contributed by atoms with Gasteiger partial charge in [0.15, 0.2) is 5.17 Å². The Labute approximate surface area is 112 Å². The van der Waals surface area contributed by atoms with Gasteiger partial charge in [-0.1, -0.05) is 11.8 Å².